The van der Waals surface area contributed by atoms with Gasteiger partial charge in [-0.25, -0.2) is 8.78 Å². The average molecular weight is 342 g/mol. The third kappa shape index (κ3) is 4.94. The summed E-state index contributed by atoms with van der Waals surface area (Å²) in [6.45, 7) is 0.474. The lowest BCUT2D eigenvalue weighted by Crippen LogP contribution is -1.98. The van der Waals surface area contributed by atoms with Crippen molar-refractivity contribution in [1.29, 1.82) is 0 Å². The van der Waals surface area contributed by atoms with E-state index in [1.165, 1.54) is 36.4 Å². The zero-order valence-electron chi connectivity index (χ0n) is 13.3. The van der Waals surface area contributed by atoms with Crippen molar-refractivity contribution in [2.45, 2.75) is 13.2 Å². The molecule has 0 heterocycles. The van der Waals surface area contributed by atoms with Crippen molar-refractivity contribution in [1.82, 2.24) is 0 Å². The fraction of sp³-hybridized carbons (Fsp3) is 0.100. The molecule has 3 nitrogen and oxygen atoms in total. The van der Waals surface area contributed by atoms with E-state index in [-0.39, 0.29) is 30.6 Å². The predicted molar refractivity (Wildman–Crippen MR) is 89.6 cm³/mol. The molecule has 0 atom stereocenters. The molecule has 0 fully saturated rings. The standard InChI is InChI=1S/C20H16F2O3/c21-16-5-1-14(2-6-16)12-24-19-9-18(23)10-20(11-19)25-13-15-3-7-17(22)8-4-15/h1-11,23H,12-13H2. The number of rotatable bonds is 6. The predicted octanol–water partition coefficient (Wildman–Crippen LogP) is 4.83. The van der Waals surface area contributed by atoms with Crippen LogP contribution in [0.1, 0.15) is 11.1 Å². The first-order chi connectivity index (χ1) is 12.1. The van der Waals surface area contributed by atoms with E-state index in [9.17, 15) is 13.9 Å². The van der Waals surface area contributed by atoms with E-state index in [0.29, 0.717) is 11.5 Å². The highest BCUT2D eigenvalue weighted by molar-refractivity contribution is 5.41. The minimum atomic E-state index is -0.308. The molecule has 0 spiro atoms. The maximum absolute atomic E-state index is 12.9. The Hall–Kier alpha value is -3.08. The van der Waals surface area contributed by atoms with Crippen molar-refractivity contribution in [3.63, 3.8) is 0 Å². The minimum Gasteiger partial charge on any atom is -0.508 e. The number of halogens is 2. The van der Waals surface area contributed by atoms with E-state index in [0.717, 1.165) is 11.1 Å². The molecule has 0 radical (unpaired) electrons. The zero-order chi connectivity index (χ0) is 17.6. The number of aromatic hydroxyl groups is 1. The van der Waals surface area contributed by atoms with Gasteiger partial charge >= 0.3 is 0 Å². The summed E-state index contributed by atoms with van der Waals surface area (Å²) in [6.07, 6.45) is 0. The molecule has 3 rings (SSSR count). The molecule has 0 amide bonds. The van der Waals surface area contributed by atoms with Gasteiger partial charge in [0.05, 0.1) is 0 Å². The summed E-state index contributed by atoms with van der Waals surface area (Å²) < 4.78 is 37.0. The van der Waals surface area contributed by atoms with Crippen LogP contribution in [0.25, 0.3) is 0 Å². The number of phenols is 1. The second-order valence-electron chi connectivity index (χ2n) is 5.49. The largest absolute Gasteiger partial charge is 0.508 e. The Morgan fingerprint density at radius 3 is 1.44 bits per heavy atom. The maximum Gasteiger partial charge on any atom is 0.127 e. The van der Waals surface area contributed by atoms with Gasteiger partial charge in [0.2, 0.25) is 0 Å². The molecule has 3 aromatic rings. The third-order valence-electron chi connectivity index (χ3n) is 3.50. The van der Waals surface area contributed by atoms with Crippen LogP contribution >= 0.6 is 0 Å². The first-order valence-corrected chi connectivity index (χ1v) is 7.67. The lowest BCUT2D eigenvalue weighted by atomic mass is 10.2. The Kier molecular flexibility index (Phi) is 5.14. The van der Waals surface area contributed by atoms with E-state index < -0.39 is 0 Å². The maximum atomic E-state index is 12.9. The van der Waals surface area contributed by atoms with Crippen LogP contribution < -0.4 is 9.47 Å². The van der Waals surface area contributed by atoms with E-state index >= 15 is 0 Å². The van der Waals surface area contributed by atoms with Gasteiger partial charge in [-0.2, -0.15) is 0 Å². The van der Waals surface area contributed by atoms with E-state index in [2.05, 4.69) is 0 Å². The number of hydrogen-bond acceptors (Lipinski definition) is 3. The highest BCUT2D eigenvalue weighted by atomic mass is 19.1. The second-order valence-corrected chi connectivity index (χ2v) is 5.49. The van der Waals surface area contributed by atoms with Crippen LogP contribution in [-0.2, 0) is 13.2 Å². The number of hydrogen-bond donors (Lipinski definition) is 1. The van der Waals surface area contributed by atoms with Crippen LogP contribution in [0.4, 0.5) is 8.78 Å². The van der Waals surface area contributed by atoms with Crippen molar-refractivity contribution in [3.05, 3.63) is 89.5 Å². The van der Waals surface area contributed by atoms with Crippen LogP contribution in [0, 0.1) is 11.6 Å². The lowest BCUT2D eigenvalue weighted by molar-refractivity contribution is 0.287. The lowest BCUT2D eigenvalue weighted by Gasteiger charge is -2.11. The Balaban J connectivity index is 1.63. The Labute approximate surface area is 144 Å². The molecule has 25 heavy (non-hydrogen) atoms. The van der Waals surface area contributed by atoms with E-state index in [4.69, 9.17) is 9.47 Å². The summed E-state index contributed by atoms with van der Waals surface area (Å²) in [4.78, 5) is 0. The molecule has 3 aromatic carbocycles. The van der Waals surface area contributed by atoms with Crippen LogP contribution in [0.5, 0.6) is 17.2 Å². The Bertz CT molecular complexity index is 763. The molecule has 0 aromatic heterocycles. The summed E-state index contributed by atoms with van der Waals surface area (Å²) in [7, 11) is 0. The van der Waals surface area contributed by atoms with Gasteiger partial charge in [-0.05, 0) is 35.4 Å². The third-order valence-corrected chi connectivity index (χ3v) is 3.50. The monoisotopic (exact) mass is 342 g/mol. The van der Waals surface area contributed by atoms with Gasteiger partial charge < -0.3 is 14.6 Å². The van der Waals surface area contributed by atoms with Gasteiger partial charge in [-0.1, -0.05) is 24.3 Å². The van der Waals surface area contributed by atoms with Gasteiger partial charge in [0.1, 0.15) is 42.1 Å². The Morgan fingerprint density at radius 2 is 1.04 bits per heavy atom. The minimum absolute atomic E-state index is 0.00529. The molecule has 128 valence electrons. The highest BCUT2D eigenvalue weighted by Gasteiger charge is 2.04. The van der Waals surface area contributed by atoms with Crippen LogP contribution in [0.2, 0.25) is 0 Å². The SMILES string of the molecule is Oc1cc(OCc2ccc(F)cc2)cc(OCc2ccc(F)cc2)c1. The highest BCUT2D eigenvalue weighted by Crippen LogP contribution is 2.28. The van der Waals surface area contributed by atoms with Crippen molar-refractivity contribution < 1.29 is 23.4 Å². The first kappa shape index (κ1) is 16.8. The van der Waals surface area contributed by atoms with Crippen LogP contribution in [0.3, 0.4) is 0 Å². The van der Waals surface area contributed by atoms with E-state index in [1.807, 2.05) is 0 Å². The topological polar surface area (TPSA) is 38.7 Å². The smallest absolute Gasteiger partial charge is 0.127 e. The molecule has 1 N–H and O–H groups in total. The molecule has 0 aliphatic heterocycles. The molecule has 0 saturated carbocycles. The number of ether oxygens (including phenoxy) is 2. The second kappa shape index (κ2) is 7.66. The summed E-state index contributed by atoms with van der Waals surface area (Å²) >= 11 is 0. The normalized spacial score (nSPS) is 10.5. The van der Waals surface area contributed by atoms with Gasteiger partial charge in [0, 0.05) is 18.2 Å². The first-order valence-electron chi connectivity index (χ1n) is 7.67. The number of benzene rings is 3. The van der Waals surface area contributed by atoms with Gasteiger partial charge in [0.15, 0.2) is 0 Å². The van der Waals surface area contributed by atoms with Crippen molar-refractivity contribution in [2.75, 3.05) is 0 Å². The summed E-state index contributed by atoms with van der Waals surface area (Å²) in [5.74, 6) is 0.248. The van der Waals surface area contributed by atoms with Gasteiger partial charge in [-0.3, -0.25) is 0 Å². The fourth-order valence-electron chi connectivity index (χ4n) is 2.22. The average Bonchev–Trinajstić information content (AvgIpc) is 2.60. The van der Waals surface area contributed by atoms with Crippen LogP contribution in [0.15, 0.2) is 66.7 Å². The summed E-state index contributed by atoms with van der Waals surface area (Å²) in [5, 5.41) is 9.80. The number of phenolic OH excluding ortho intramolecular Hbond substituents is 1. The molecule has 0 bridgehead atoms. The van der Waals surface area contributed by atoms with Gasteiger partial charge in [0.25, 0.3) is 0 Å². The molecular formula is C20H16F2O3. The van der Waals surface area contributed by atoms with Crippen LogP contribution in [-0.4, -0.2) is 5.11 Å². The van der Waals surface area contributed by atoms with Crippen molar-refractivity contribution in [3.8, 4) is 17.2 Å². The molecule has 0 aliphatic rings. The zero-order valence-corrected chi connectivity index (χ0v) is 13.3. The molecular weight excluding hydrogens is 326 g/mol. The molecule has 0 unspecified atom stereocenters. The fourth-order valence-corrected chi connectivity index (χ4v) is 2.22. The summed E-state index contributed by atoms with van der Waals surface area (Å²) in [6, 6.07) is 16.5. The van der Waals surface area contributed by atoms with Crippen molar-refractivity contribution >= 4 is 0 Å². The quantitative estimate of drug-likeness (QED) is 0.697. The van der Waals surface area contributed by atoms with E-state index in [1.54, 1.807) is 30.3 Å². The molecule has 5 heteroatoms. The van der Waals surface area contributed by atoms with Gasteiger partial charge in [-0.15, -0.1) is 0 Å². The van der Waals surface area contributed by atoms with Crippen molar-refractivity contribution in [2.24, 2.45) is 0 Å². The molecule has 0 saturated heterocycles. The molecule has 0 aliphatic carbocycles. The summed E-state index contributed by atoms with van der Waals surface area (Å²) in [5.41, 5.74) is 1.61. The Morgan fingerprint density at radius 1 is 0.640 bits per heavy atom.